The number of aromatic nitrogens is 2. The Kier molecular flexibility index (Phi) is 2.81. The van der Waals surface area contributed by atoms with Crippen LogP contribution in [0.3, 0.4) is 0 Å². The summed E-state index contributed by atoms with van der Waals surface area (Å²) in [6, 6.07) is 0.243. The van der Waals surface area contributed by atoms with Crippen LogP contribution in [0.2, 0.25) is 0 Å². The quantitative estimate of drug-likeness (QED) is 0.695. The van der Waals surface area contributed by atoms with E-state index in [2.05, 4.69) is 14.7 Å². The lowest BCUT2D eigenvalue weighted by atomic mass is 10.7. The van der Waals surface area contributed by atoms with Crippen molar-refractivity contribution in [2.75, 3.05) is 19.0 Å². The lowest BCUT2D eigenvalue weighted by Gasteiger charge is -1.93. The molecule has 0 saturated carbocycles. The molecule has 1 aromatic heterocycles. The first-order valence-corrected chi connectivity index (χ1v) is 3.83. The Morgan fingerprint density at radius 3 is 3.08 bits per heavy atom. The van der Waals surface area contributed by atoms with Gasteiger partial charge in [-0.2, -0.15) is 4.98 Å². The van der Waals surface area contributed by atoms with Crippen molar-refractivity contribution >= 4 is 22.6 Å². The highest BCUT2D eigenvalue weighted by atomic mass is 32.1. The monoisotopic (exact) mass is 189 g/mol. The highest BCUT2D eigenvalue weighted by molar-refractivity contribution is 7.09. The molecule has 12 heavy (non-hydrogen) atoms. The van der Waals surface area contributed by atoms with Gasteiger partial charge >= 0.3 is 12.0 Å². The minimum atomic E-state index is -0.941. The number of hydrogen-bond donors (Lipinski definition) is 2. The molecule has 0 radical (unpaired) electrons. The molecule has 1 rings (SSSR count). The van der Waals surface area contributed by atoms with Gasteiger partial charge in [0.1, 0.15) is 6.54 Å². The molecule has 0 aromatic carbocycles. The van der Waals surface area contributed by atoms with E-state index in [9.17, 15) is 4.79 Å². The van der Waals surface area contributed by atoms with Gasteiger partial charge in [0.15, 0.2) is 0 Å². The first-order chi connectivity index (χ1) is 5.72. The topological polar surface area (TPSA) is 84.3 Å². The highest BCUT2D eigenvalue weighted by Crippen LogP contribution is 2.14. The van der Waals surface area contributed by atoms with Gasteiger partial charge in [0.2, 0.25) is 5.13 Å². The fraction of sp³-hybridized carbons (Fsp3) is 0.400. The first kappa shape index (κ1) is 8.72. The molecule has 2 N–H and O–H groups in total. The van der Waals surface area contributed by atoms with Crippen molar-refractivity contribution in [1.29, 1.82) is 0 Å². The average molecular weight is 189 g/mol. The zero-order valence-electron chi connectivity index (χ0n) is 6.27. The largest absolute Gasteiger partial charge is 0.480 e. The van der Waals surface area contributed by atoms with Crippen LogP contribution >= 0.6 is 11.5 Å². The van der Waals surface area contributed by atoms with Crippen LogP contribution in [0.1, 0.15) is 0 Å². The summed E-state index contributed by atoms with van der Waals surface area (Å²) in [6.07, 6.45) is 0. The summed E-state index contributed by atoms with van der Waals surface area (Å²) in [5.74, 6) is -0.941. The van der Waals surface area contributed by atoms with Gasteiger partial charge in [0, 0.05) is 11.5 Å². The summed E-state index contributed by atoms with van der Waals surface area (Å²) >= 11 is 1.06. The van der Waals surface area contributed by atoms with E-state index in [1.54, 1.807) is 0 Å². The molecule has 0 aliphatic carbocycles. The number of anilines is 1. The second-order valence-corrected chi connectivity index (χ2v) is 2.59. The molecule has 0 spiro atoms. The second-order valence-electron chi connectivity index (χ2n) is 1.83. The number of nitrogens with zero attached hydrogens (tertiary/aromatic N) is 2. The van der Waals surface area contributed by atoms with E-state index in [1.165, 1.54) is 7.11 Å². The van der Waals surface area contributed by atoms with Crippen molar-refractivity contribution in [3.63, 3.8) is 0 Å². The number of carbonyl (C=O) groups is 1. The van der Waals surface area contributed by atoms with Crippen molar-refractivity contribution < 1.29 is 14.6 Å². The molecule has 6 nitrogen and oxygen atoms in total. The van der Waals surface area contributed by atoms with Gasteiger partial charge in [-0.05, 0) is 0 Å². The smallest absolute Gasteiger partial charge is 0.329 e. The molecule has 7 heteroatoms. The van der Waals surface area contributed by atoms with Crippen LogP contribution in [0.25, 0.3) is 0 Å². The van der Waals surface area contributed by atoms with E-state index in [-0.39, 0.29) is 12.6 Å². The molecule has 66 valence electrons. The molecule has 0 aliphatic rings. The number of ether oxygens (including phenoxy) is 1. The molecular formula is C5H7N3O3S. The molecule has 1 aromatic rings. The Balaban J connectivity index is 2.47. The minimum absolute atomic E-state index is 0.168. The molecule has 0 bridgehead atoms. The highest BCUT2D eigenvalue weighted by Gasteiger charge is 2.03. The first-order valence-electron chi connectivity index (χ1n) is 3.05. The van der Waals surface area contributed by atoms with E-state index in [0.717, 1.165) is 11.5 Å². The van der Waals surface area contributed by atoms with Gasteiger partial charge in [-0.1, -0.05) is 0 Å². The van der Waals surface area contributed by atoms with Crippen molar-refractivity contribution in [3.8, 4) is 6.01 Å². The van der Waals surface area contributed by atoms with E-state index in [1.807, 2.05) is 0 Å². The van der Waals surface area contributed by atoms with Crippen LogP contribution in [-0.2, 0) is 4.79 Å². The number of methoxy groups -OCH3 is 1. The molecule has 0 atom stereocenters. The predicted molar refractivity (Wildman–Crippen MR) is 42.6 cm³/mol. The minimum Gasteiger partial charge on any atom is -0.480 e. The summed E-state index contributed by atoms with van der Waals surface area (Å²) in [5, 5.41) is 11.3. The number of aliphatic carboxylic acids is 1. The summed E-state index contributed by atoms with van der Waals surface area (Å²) in [4.78, 5) is 13.9. The zero-order valence-corrected chi connectivity index (χ0v) is 7.09. The number of rotatable bonds is 4. The Hall–Kier alpha value is -1.37. The number of hydrogen-bond acceptors (Lipinski definition) is 6. The van der Waals surface area contributed by atoms with Gasteiger partial charge < -0.3 is 15.2 Å². The second kappa shape index (κ2) is 3.86. The molecule has 0 unspecified atom stereocenters. The third-order valence-electron chi connectivity index (χ3n) is 0.981. The lowest BCUT2D eigenvalue weighted by molar-refractivity contribution is -0.134. The molecular weight excluding hydrogens is 182 g/mol. The number of carboxylic acids is 1. The molecule has 0 aliphatic heterocycles. The van der Waals surface area contributed by atoms with Gasteiger partial charge in [-0.15, -0.1) is 4.37 Å². The van der Waals surface area contributed by atoms with E-state index in [4.69, 9.17) is 9.84 Å². The van der Waals surface area contributed by atoms with Crippen molar-refractivity contribution in [1.82, 2.24) is 9.36 Å². The van der Waals surface area contributed by atoms with Crippen LogP contribution in [0.15, 0.2) is 0 Å². The Morgan fingerprint density at radius 2 is 2.58 bits per heavy atom. The average Bonchev–Trinajstić information content (AvgIpc) is 2.48. The molecule has 1 heterocycles. The molecule has 0 fully saturated rings. The van der Waals surface area contributed by atoms with Gasteiger partial charge in [-0.3, -0.25) is 4.79 Å². The standard InChI is InChI=1S/C5H7N3O3S/c1-11-4-7-5(12-8-4)6-2-3(9)10/h2H2,1H3,(H,9,10)(H,6,7,8). The zero-order chi connectivity index (χ0) is 8.97. The summed E-state index contributed by atoms with van der Waals surface area (Å²) in [6.45, 7) is -0.168. The van der Waals surface area contributed by atoms with Crippen LogP contribution in [0.4, 0.5) is 5.13 Å². The summed E-state index contributed by atoms with van der Waals surface area (Å²) < 4.78 is 8.47. The fourth-order valence-electron chi connectivity index (χ4n) is 0.516. The summed E-state index contributed by atoms with van der Waals surface area (Å²) in [5.41, 5.74) is 0. The van der Waals surface area contributed by atoms with Gasteiger partial charge in [-0.25, -0.2) is 0 Å². The van der Waals surface area contributed by atoms with Crippen LogP contribution in [0, 0.1) is 0 Å². The maximum absolute atomic E-state index is 10.1. The normalized spacial score (nSPS) is 9.42. The van der Waals surface area contributed by atoms with Crippen LogP contribution < -0.4 is 10.1 Å². The van der Waals surface area contributed by atoms with Crippen molar-refractivity contribution in [2.24, 2.45) is 0 Å². The number of carboxylic acid groups (broad SMARTS) is 1. The molecule has 0 amide bonds. The third-order valence-corrected chi connectivity index (χ3v) is 1.64. The maximum Gasteiger partial charge on any atom is 0.329 e. The summed E-state index contributed by atoms with van der Waals surface area (Å²) in [7, 11) is 1.45. The Morgan fingerprint density at radius 1 is 1.83 bits per heavy atom. The van der Waals surface area contributed by atoms with Gasteiger partial charge in [0.05, 0.1) is 7.11 Å². The number of nitrogens with one attached hydrogen (secondary N) is 1. The maximum atomic E-state index is 10.1. The fourth-order valence-corrected chi connectivity index (χ4v) is 1.05. The molecule has 0 saturated heterocycles. The van der Waals surface area contributed by atoms with E-state index >= 15 is 0 Å². The van der Waals surface area contributed by atoms with Crippen molar-refractivity contribution in [2.45, 2.75) is 0 Å². The van der Waals surface area contributed by atoms with Gasteiger partial charge in [0.25, 0.3) is 0 Å². The SMILES string of the molecule is COc1nsc(NCC(=O)O)n1. The van der Waals surface area contributed by atoms with E-state index in [0.29, 0.717) is 5.13 Å². The van der Waals surface area contributed by atoms with Crippen molar-refractivity contribution in [3.05, 3.63) is 0 Å². The lowest BCUT2D eigenvalue weighted by Crippen LogP contribution is -2.11. The van der Waals surface area contributed by atoms with E-state index < -0.39 is 5.97 Å². The Labute approximate surface area is 72.4 Å². The van der Waals surface area contributed by atoms with Crippen LogP contribution in [-0.4, -0.2) is 34.1 Å². The predicted octanol–water partition coefficient (Wildman–Crippen LogP) is 0.0432. The Bertz CT molecular complexity index is 275. The van der Waals surface area contributed by atoms with Crippen LogP contribution in [0.5, 0.6) is 6.01 Å². The third kappa shape index (κ3) is 2.35.